The predicted octanol–water partition coefficient (Wildman–Crippen LogP) is 1.75. The molecule has 0 saturated carbocycles. The Hall–Kier alpha value is -2.21. The minimum absolute atomic E-state index is 0.0543. The fourth-order valence-corrected chi connectivity index (χ4v) is 2.91. The van der Waals surface area contributed by atoms with E-state index in [0.29, 0.717) is 25.9 Å². The molecule has 0 spiro atoms. The van der Waals surface area contributed by atoms with Gasteiger partial charge in [0.05, 0.1) is 12.1 Å². The first kappa shape index (κ1) is 14.7. The van der Waals surface area contributed by atoms with Crippen molar-refractivity contribution >= 4 is 5.91 Å². The number of hydrogen-bond acceptors (Lipinski definition) is 3. The van der Waals surface area contributed by atoms with Crippen molar-refractivity contribution in [3.8, 4) is 0 Å². The minimum atomic E-state index is -0.568. The summed E-state index contributed by atoms with van der Waals surface area (Å²) in [6.45, 7) is 0.785. The van der Waals surface area contributed by atoms with Crippen molar-refractivity contribution in [2.45, 2.75) is 31.5 Å². The van der Waals surface area contributed by atoms with E-state index in [9.17, 15) is 14.3 Å². The van der Waals surface area contributed by atoms with Gasteiger partial charge in [0, 0.05) is 31.9 Å². The van der Waals surface area contributed by atoms with E-state index in [2.05, 4.69) is 5.10 Å². The van der Waals surface area contributed by atoms with Crippen LogP contribution in [0.5, 0.6) is 0 Å². The zero-order valence-electron chi connectivity index (χ0n) is 12.1. The quantitative estimate of drug-likeness (QED) is 0.936. The van der Waals surface area contributed by atoms with Gasteiger partial charge in [0.1, 0.15) is 5.82 Å². The molecule has 6 heteroatoms. The van der Waals surface area contributed by atoms with Gasteiger partial charge < -0.3 is 10.0 Å². The molecular formula is C16H18FN3O2. The third-order valence-electron chi connectivity index (χ3n) is 3.95. The second-order valence-electron chi connectivity index (χ2n) is 5.53. The van der Waals surface area contributed by atoms with Crippen molar-refractivity contribution in [1.82, 2.24) is 14.7 Å². The first-order valence-electron chi connectivity index (χ1n) is 7.34. The number of aliphatic hydroxyl groups excluding tert-OH is 1. The summed E-state index contributed by atoms with van der Waals surface area (Å²) in [5.74, 6) is -0.385. The second-order valence-corrected chi connectivity index (χ2v) is 5.53. The van der Waals surface area contributed by atoms with Gasteiger partial charge in [-0.25, -0.2) is 4.39 Å². The molecule has 1 aromatic carbocycles. The summed E-state index contributed by atoms with van der Waals surface area (Å²) in [4.78, 5) is 14.1. The molecule has 5 nitrogen and oxygen atoms in total. The van der Waals surface area contributed by atoms with E-state index in [1.165, 1.54) is 12.1 Å². The van der Waals surface area contributed by atoms with E-state index < -0.39 is 6.10 Å². The zero-order valence-corrected chi connectivity index (χ0v) is 12.1. The fourth-order valence-electron chi connectivity index (χ4n) is 2.91. The number of likely N-dealkylation sites (tertiary alicyclic amines) is 1. The Morgan fingerprint density at radius 2 is 2.27 bits per heavy atom. The van der Waals surface area contributed by atoms with Crippen LogP contribution in [0.15, 0.2) is 42.7 Å². The molecule has 1 aromatic heterocycles. The highest BCUT2D eigenvalue weighted by Crippen LogP contribution is 2.32. The molecule has 1 fully saturated rings. The van der Waals surface area contributed by atoms with Gasteiger partial charge in [0.2, 0.25) is 5.91 Å². The topological polar surface area (TPSA) is 58.4 Å². The van der Waals surface area contributed by atoms with Crippen molar-refractivity contribution < 1.29 is 14.3 Å². The summed E-state index contributed by atoms with van der Waals surface area (Å²) in [7, 11) is 0. The molecule has 1 N–H and O–H groups in total. The van der Waals surface area contributed by atoms with Crippen LogP contribution < -0.4 is 0 Å². The lowest BCUT2D eigenvalue weighted by Gasteiger charge is -2.25. The SMILES string of the molecule is O=C(CCn1cccn1)N1C[C@H](O)C[C@@H]1c1cccc(F)c1. The molecule has 1 amide bonds. The lowest BCUT2D eigenvalue weighted by atomic mass is 10.0. The summed E-state index contributed by atoms with van der Waals surface area (Å²) >= 11 is 0. The smallest absolute Gasteiger partial charge is 0.225 e. The van der Waals surface area contributed by atoms with Crippen LogP contribution in [-0.4, -0.2) is 38.3 Å². The molecule has 2 heterocycles. The molecule has 0 bridgehead atoms. The van der Waals surface area contributed by atoms with E-state index in [1.807, 2.05) is 0 Å². The number of benzene rings is 1. The van der Waals surface area contributed by atoms with Crippen LogP contribution in [-0.2, 0) is 11.3 Å². The third-order valence-corrected chi connectivity index (χ3v) is 3.95. The van der Waals surface area contributed by atoms with Crippen LogP contribution in [0, 0.1) is 5.82 Å². The van der Waals surface area contributed by atoms with Crippen LogP contribution in [0.4, 0.5) is 4.39 Å². The molecular weight excluding hydrogens is 285 g/mol. The average Bonchev–Trinajstić information content (AvgIpc) is 3.14. The van der Waals surface area contributed by atoms with Crippen molar-refractivity contribution in [2.24, 2.45) is 0 Å². The van der Waals surface area contributed by atoms with Crippen LogP contribution in [0.25, 0.3) is 0 Å². The summed E-state index contributed by atoms with van der Waals surface area (Å²) in [5, 5.41) is 14.0. The zero-order chi connectivity index (χ0) is 15.5. The molecule has 2 atom stereocenters. The van der Waals surface area contributed by atoms with Gasteiger partial charge in [-0.3, -0.25) is 9.48 Å². The molecule has 0 radical (unpaired) electrons. The van der Waals surface area contributed by atoms with Gasteiger partial charge in [-0.15, -0.1) is 0 Å². The first-order valence-corrected chi connectivity index (χ1v) is 7.34. The Bertz CT molecular complexity index is 645. The normalized spacial score (nSPS) is 21.3. The monoisotopic (exact) mass is 303 g/mol. The summed E-state index contributed by atoms with van der Waals surface area (Å²) in [6, 6.07) is 7.76. The largest absolute Gasteiger partial charge is 0.391 e. The van der Waals surface area contributed by atoms with Crippen molar-refractivity contribution in [1.29, 1.82) is 0 Å². The maximum absolute atomic E-state index is 13.4. The second kappa shape index (κ2) is 6.27. The number of aryl methyl sites for hydroxylation is 1. The lowest BCUT2D eigenvalue weighted by molar-refractivity contribution is -0.132. The molecule has 116 valence electrons. The molecule has 0 unspecified atom stereocenters. The number of rotatable bonds is 4. The van der Waals surface area contributed by atoms with Crippen LogP contribution in [0.1, 0.15) is 24.4 Å². The number of carbonyl (C=O) groups excluding carboxylic acids is 1. The van der Waals surface area contributed by atoms with Gasteiger partial charge in [-0.05, 0) is 30.2 Å². The van der Waals surface area contributed by atoms with Crippen LogP contribution in [0.2, 0.25) is 0 Å². The van der Waals surface area contributed by atoms with Gasteiger partial charge in [-0.1, -0.05) is 12.1 Å². The molecule has 1 aliphatic heterocycles. The average molecular weight is 303 g/mol. The highest BCUT2D eigenvalue weighted by Gasteiger charge is 2.35. The third kappa shape index (κ3) is 3.17. The van der Waals surface area contributed by atoms with Gasteiger partial charge in [0.25, 0.3) is 0 Å². The summed E-state index contributed by atoms with van der Waals surface area (Å²) < 4.78 is 15.1. The highest BCUT2D eigenvalue weighted by molar-refractivity contribution is 5.77. The standard InChI is InChI=1S/C16H18FN3O2/c17-13-4-1-3-12(9-13)15-10-14(21)11-20(15)16(22)5-8-19-7-2-6-18-19/h1-4,6-7,9,14-15,21H,5,8,10-11H2/t14-,15-/m1/s1. The van der Waals surface area contributed by atoms with Crippen LogP contribution >= 0.6 is 0 Å². The number of β-amino-alcohol motifs (C(OH)–C–C–N with tert-alkyl or cyclic N) is 1. The molecule has 1 aliphatic rings. The Balaban J connectivity index is 1.71. The van der Waals surface area contributed by atoms with Gasteiger partial charge >= 0.3 is 0 Å². The van der Waals surface area contributed by atoms with Crippen molar-refractivity contribution in [3.63, 3.8) is 0 Å². The number of carbonyl (C=O) groups is 1. The molecule has 1 saturated heterocycles. The lowest BCUT2D eigenvalue weighted by Crippen LogP contribution is -2.32. The Morgan fingerprint density at radius 3 is 3.00 bits per heavy atom. The number of amides is 1. The molecule has 0 aliphatic carbocycles. The van der Waals surface area contributed by atoms with Crippen LogP contribution in [0.3, 0.4) is 0 Å². The predicted molar refractivity (Wildman–Crippen MR) is 78.3 cm³/mol. The Kier molecular flexibility index (Phi) is 4.20. The number of halogens is 1. The summed E-state index contributed by atoms with van der Waals surface area (Å²) in [5.41, 5.74) is 0.726. The number of hydrogen-bond donors (Lipinski definition) is 1. The van der Waals surface area contributed by atoms with Crippen molar-refractivity contribution in [2.75, 3.05) is 6.54 Å². The minimum Gasteiger partial charge on any atom is -0.391 e. The van der Waals surface area contributed by atoms with Gasteiger partial charge in [0.15, 0.2) is 0 Å². The number of aromatic nitrogens is 2. The van der Waals surface area contributed by atoms with E-state index in [0.717, 1.165) is 5.56 Å². The van der Waals surface area contributed by atoms with Gasteiger partial charge in [-0.2, -0.15) is 5.10 Å². The Labute approximate surface area is 128 Å². The highest BCUT2D eigenvalue weighted by atomic mass is 19.1. The summed E-state index contributed by atoms with van der Waals surface area (Å²) in [6.07, 6.45) is 3.65. The number of nitrogens with zero attached hydrogens (tertiary/aromatic N) is 3. The van der Waals surface area contributed by atoms with E-state index in [1.54, 1.807) is 40.2 Å². The Morgan fingerprint density at radius 1 is 1.41 bits per heavy atom. The fraction of sp³-hybridized carbons (Fsp3) is 0.375. The molecule has 2 aromatic rings. The maximum Gasteiger partial charge on any atom is 0.225 e. The van der Waals surface area contributed by atoms with E-state index in [-0.39, 0.29) is 17.8 Å². The van der Waals surface area contributed by atoms with E-state index >= 15 is 0 Å². The first-order chi connectivity index (χ1) is 10.6. The molecule has 3 rings (SSSR count). The van der Waals surface area contributed by atoms with E-state index in [4.69, 9.17) is 0 Å². The number of aliphatic hydroxyl groups is 1. The molecule has 22 heavy (non-hydrogen) atoms. The van der Waals surface area contributed by atoms with Crippen molar-refractivity contribution in [3.05, 3.63) is 54.1 Å². The maximum atomic E-state index is 13.4.